The van der Waals surface area contributed by atoms with Crippen LogP contribution in [-0.4, -0.2) is 26.1 Å². The van der Waals surface area contributed by atoms with E-state index in [-0.39, 0.29) is 0 Å². The molecule has 0 spiro atoms. The van der Waals surface area contributed by atoms with Gasteiger partial charge in [0.1, 0.15) is 17.3 Å². The highest BCUT2D eigenvalue weighted by Crippen LogP contribution is 2.38. The third-order valence-electron chi connectivity index (χ3n) is 3.65. The van der Waals surface area contributed by atoms with E-state index in [9.17, 15) is 0 Å². The highest BCUT2D eigenvalue weighted by atomic mass is 35.5. The van der Waals surface area contributed by atoms with Crippen LogP contribution in [0.4, 0.5) is 5.82 Å². The molecule has 0 fully saturated rings. The van der Waals surface area contributed by atoms with Gasteiger partial charge in [-0.05, 0) is 44.4 Å². The summed E-state index contributed by atoms with van der Waals surface area (Å²) < 4.78 is 1.70. The number of anilines is 1. The smallest absolute Gasteiger partial charge is 0.255 e. The van der Waals surface area contributed by atoms with Crippen molar-refractivity contribution in [2.75, 3.05) is 11.9 Å². The number of fused-ring (bicyclic) bond motifs is 1. The summed E-state index contributed by atoms with van der Waals surface area (Å²) in [4.78, 5) is 8.51. The monoisotopic (exact) mass is 315 g/mol. The molecule has 0 saturated carbocycles. The molecule has 22 heavy (non-hydrogen) atoms. The molecular formula is C16H18ClN5. The highest BCUT2D eigenvalue weighted by molar-refractivity contribution is 6.33. The number of nitrogens with one attached hydrogen (secondary N) is 1. The Morgan fingerprint density at radius 1 is 1.14 bits per heavy atom. The van der Waals surface area contributed by atoms with Crippen LogP contribution in [-0.2, 0) is 0 Å². The molecule has 1 aromatic carbocycles. The lowest BCUT2D eigenvalue weighted by Gasteiger charge is -2.17. The van der Waals surface area contributed by atoms with Gasteiger partial charge in [-0.15, -0.1) is 0 Å². The second-order valence-electron chi connectivity index (χ2n) is 5.40. The Bertz CT molecular complexity index is 830. The standard InChI is InChI=1S/C16H18ClN5/c1-5-18-15-13(12-10(3)6-9(2)7-11(12)4)14(17)21-16-19-8-20-22(15)16/h6-8,18H,5H2,1-4H3. The van der Waals surface area contributed by atoms with Crippen LogP contribution in [0.25, 0.3) is 16.9 Å². The predicted octanol–water partition coefficient (Wildman–Crippen LogP) is 3.80. The van der Waals surface area contributed by atoms with Crippen molar-refractivity contribution in [1.82, 2.24) is 19.6 Å². The number of halogens is 1. The van der Waals surface area contributed by atoms with E-state index in [4.69, 9.17) is 11.6 Å². The highest BCUT2D eigenvalue weighted by Gasteiger charge is 2.20. The molecule has 0 radical (unpaired) electrons. The van der Waals surface area contributed by atoms with Crippen molar-refractivity contribution in [3.05, 3.63) is 40.3 Å². The first-order valence-electron chi connectivity index (χ1n) is 7.24. The van der Waals surface area contributed by atoms with Gasteiger partial charge >= 0.3 is 0 Å². The van der Waals surface area contributed by atoms with Crippen LogP contribution < -0.4 is 5.32 Å². The molecule has 2 aromatic heterocycles. The van der Waals surface area contributed by atoms with Gasteiger partial charge < -0.3 is 5.32 Å². The lowest BCUT2D eigenvalue weighted by atomic mass is 9.95. The maximum atomic E-state index is 6.49. The summed E-state index contributed by atoms with van der Waals surface area (Å²) in [7, 11) is 0. The number of aromatic nitrogens is 4. The van der Waals surface area contributed by atoms with Gasteiger partial charge in [-0.3, -0.25) is 0 Å². The first kappa shape index (κ1) is 14.8. The maximum absolute atomic E-state index is 6.49. The van der Waals surface area contributed by atoms with Gasteiger partial charge in [-0.1, -0.05) is 29.3 Å². The van der Waals surface area contributed by atoms with Gasteiger partial charge in [0, 0.05) is 6.54 Å². The van der Waals surface area contributed by atoms with Crippen LogP contribution in [0, 0.1) is 20.8 Å². The van der Waals surface area contributed by atoms with Crippen LogP contribution in [0.5, 0.6) is 0 Å². The average molecular weight is 316 g/mol. The molecule has 0 aliphatic rings. The molecule has 2 heterocycles. The Morgan fingerprint density at radius 3 is 2.45 bits per heavy atom. The summed E-state index contributed by atoms with van der Waals surface area (Å²) in [6, 6.07) is 4.31. The van der Waals surface area contributed by atoms with Gasteiger partial charge in [0.25, 0.3) is 5.78 Å². The average Bonchev–Trinajstić information content (AvgIpc) is 2.88. The molecule has 3 rings (SSSR count). The number of benzene rings is 1. The lowest BCUT2D eigenvalue weighted by molar-refractivity contribution is 0.933. The third kappa shape index (κ3) is 2.31. The normalized spacial score (nSPS) is 11.1. The number of hydrogen-bond acceptors (Lipinski definition) is 4. The fraction of sp³-hybridized carbons (Fsp3) is 0.312. The fourth-order valence-electron chi connectivity index (χ4n) is 2.94. The quantitative estimate of drug-likeness (QED) is 0.747. The Labute approximate surface area is 134 Å². The van der Waals surface area contributed by atoms with E-state index in [0.29, 0.717) is 10.9 Å². The Morgan fingerprint density at radius 2 is 1.82 bits per heavy atom. The molecular weight excluding hydrogens is 298 g/mol. The zero-order valence-electron chi connectivity index (χ0n) is 13.1. The number of rotatable bonds is 3. The summed E-state index contributed by atoms with van der Waals surface area (Å²) >= 11 is 6.49. The van der Waals surface area contributed by atoms with Gasteiger partial charge in [0.15, 0.2) is 0 Å². The van der Waals surface area contributed by atoms with Crippen molar-refractivity contribution < 1.29 is 0 Å². The van der Waals surface area contributed by atoms with Crippen LogP contribution in [0.2, 0.25) is 5.15 Å². The molecule has 0 saturated heterocycles. The molecule has 0 amide bonds. The van der Waals surface area contributed by atoms with E-state index < -0.39 is 0 Å². The minimum atomic E-state index is 0.437. The Kier molecular flexibility index (Phi) is 3.74. The van der Waals surface area contributed by atoms with E-state index in [1.807, 2.05) is 6.92 Å². The van der Waals surface area contributed by atoms with Crippen molar-refractivity contribution >= 4 is 23.2 Å². The summed E-state index contributed by atoms with van der Waals surface area (Å²) in [5, 5.41) is 8.05. The van der Waals surface area contributed by atoms with Gasteiger partial charge in [-0.25, -0.2) is 0 Å². The zero-order valence-corrected chi connectivity index (χ0v) is 13.9. The van der Waals surface area contributed by atoms with Crippen molar-refractivity contribution in [3.63, 3.8) is 0 Å². The molecule has 114 valence electrons. The maximum Gasteiger partial charge on any atom is 0.255 e. The molecule has 0 unspecified atom stereocenters. The van der Waals surface area contributed by atoms with E-state index in [1.54, 1.807) is 4.52 Å². The molecule has 0 bridgehead atoms. The first-order valence-corrected chi connectivity index (χ1v) is 7.62. The van der Waals surface area contributed by atoms with Crippen LogP contribution in [0.1, 0.15) is 23.6 Å². The topological polar surface area (TPSA) is 55.1 Å². The summed E-state index contributed by atoms with van der Waals surface area (Å²) in [5.74, 6) is 1.32. The van der Waals surface area contributed by atoms with Crippen LogP contribution >= 0.6 is 11.6 Å². The number of nitrogens with zero attached hydrogens (tertiary/aromatic N) is 4. The Balaban J connectivity index is 2.39. The minimum absolute atomic E-state index is 0.437. The van der Waals surface area contributed by atoms with Gasteiger partial charge in [0.05, 0.1) is 5.56 Å². The van der Waals surface area contributed by atoms with Crippen molar-refractivity contribution in [1.29, 1.82) is 0 Å². The van der Waals surface area contributed by atoms with Crippen molar-refractivity contribution in [2.45, 2.75) is 27.7 Å². The molecule has 6 heteroatoms. The van der Waals surface area contributed by atoms with Crippen LogP contribution in [0.15, 0.2) is 18.5 Å². The number of hydrogen-bond donors (Lipinski definition) is 1. The third-order valence-corrected chi connectivity index (χ3v) is 3.93. The van der Waals surface area contributed by atoms with E-state index in [1.165, 1.54) is 23.0 Å². The van der Waals surface area contributed by atoms with Crippen LogP contribution in [0.3, 0.4) is 0 Å². The van der Waals surface area contributed by atoms with Gasteiger partial charge in [-0.2, -0.15) is 19.6 Å². The molecule has 0 aliphatic carbocycles. The molecule has 0 aliphatic heterocycles. The van der Waals surface area contributed by atoms with E-state index >= 15 is 0 Å². The Hall–Kier alpha value is -2.14. The van der Waals surface area contributed by atoms with Crippen molar-refractivity contribution in [3.8, 4) is 11.1 Å². The SMILES string of the molecule is CCNc1c(-c2c(C)cc(C)cc2C)c(Cl)nc2ncnn12. The minimum Gasteiger partial charge on any atom is -0.370 e. The fourth-order valence-corrected chi connectivity index (χ4v) is 3.20. The van der Waals surface area contributed by atoms with E-state index in [2.05, 4.69) is 53.3 Å². The summed E-state index contributed by atoms with van der Waals surface area (Å²) in [5.41, 5.74) is 5.53. The number of aryl methyl sites for hydroxylation is 3. The summed E-state index contributed by atoms with van der Waals surface area (Å²) in [6.07, 6.45) is 1.48. The van der Waals surface area contributed by atoms with Crippen molar-refractivity contribution in [2.24, 2.45) is 0 Å². The first-order chi connectivity index (χ1) is 10.5. The second kappa shape index (κ2) is 5.57. The summed E-state index contributed by atoms with van der Waals surface area (Å²) in [6.45, 7) is 9.07. The molecule has 1 N–H and O–H groups in total. The zero-order chi connectivity index (χ0) is 15.9. The predicted molar refractivity (Wildman–Crippen MR) is 89.6 cm³/mol. The van der Waals surface area contributed by atoms with E-state index in [0.717, 1.165) is 23.5 Å². The molecule has 5 nitrogen and oxygen atoms in total. The molecule has 3 aromatic rings. The van der Waals surface area contributed by atoms with Gasteiger partial charge in [0.2, 0.25) is 0 Å². The lowest BCUT2D eigenvalue weighted by Crippen LogP contribution is -2.09. The molecule has 0 atom stereocenters. The largest absolute Gasteiger partial charge is 0.370 e. The second-order valence-corrected chi connectivity index (χ2v) is 5.76.